The molecule has 0 saturated heterocycles. The van der Waals surface area contributed by atoms with Crippen molar-refractivity contribution in [2.24, 2.45) is 11.7 Å². The molecule has 0 fully saturated rings. The molecular weight excluding hydrogens is 142 g/mol. The topological polar surface area (TPSA) is 63.3 Å². The molecule has 0 bridgehead atoms. The van der Waals surface area contributed by atoms with Crippen molar-refractivity contribution >= 4 is 17.6 Å². The Bertz CT molecular complexity index is 107. The van der Waals surface area contributed by atoms with E-state index < -0.39 is 12.0 Å². The van der Waals surface area contributed by atoms with Crippen molar-refractivity contribution in [1.29, 1.82) is 0 Å². The molecule has 0 aliphatic carbocycles. The maximum Gasteiger partial charge on any atom is 0.320 e. The fourth-order valence-corrected chi connectivity index (χ4v) is 0.531. The molecule has 0 aromatic carbocycles. The number of alkyl halides is 1. The highest BCUT2D eigenvalue weighted by Gasteiger charge is 2.18. The molecule has 0 radical (unpaired) electrons. The van der Waals surface area contributed by atoms with Crippen LogP contribution in [0.3, 0.4) is 0 Å². The summed E-state index contributed by atoms with van der Waals surface area (Å²) in [5.41, 5.74) is 5.19. The molecule has 54 valence electrons. The first-order valence-corrected chi connectivity index (χ1v) is 3.17. The summed E-state index contributed by atoms with van der Waals surface area (Å²) in [6.45, 7) is 1.70. The predicted octanol–water partition coefficient (Wildman–Crippen LogP) is 0.273. The molecule has 0 spiro atoms. The standard InChI is InChI=1S/C5H10ClNO2/c1-3(2-6)4(7)5(8)9/h3-4H,2,7H2,1H3,(H,8,9)/t3?,4-/m0/s1. The van der Waals surface area contributed by atoms with E-state index >= 15 is 0 Å². The number of hydrogen-bond donors (Lipinski definition) is 2. The van der Waals surface area contributed by atoms with E-state index in [0.717, 1.165) is 0 Å². The van der Waals surface area contributed by atoms with Gasteiger partial charge in [0.05, 0.1) is 0 Å². The van der Waals surface area contributed by atoms with E-state index in [-0.39, 0.29) is 11.8 Å². The Kier molecular flexibility index (Phi) is 3.58. The van der Waals surface area contributed by atoms with Crippen LogP contribution in [0.1, 0.15) is 6.92 Å². The second kappa shape index (κ2) is 3.69. The third kappa shape index (κ3) is 2.67. The van der Waals surface area contributed by atoms with Gasteiger partial charge in [-0.05, 0) is 5.92 Å². The van der Waals surface area contributed by atoms with Crippen molar-refractivity contribution in [2.45, 2.75) is 13.0 Å². The van der Waals surface area contributed by atoms with Gasteiger partial charge < -0.3 is 10.8 Å². The molecule has 3 nitrogen and oxygen atoms in total. The number of nitrogens with two attached hydrogens (primary N) is 1. The monoisotopic (exact) mass is 151 g/mol. The molecule has 2 atom stereocenters. The van der Waals surface area contributed by atoms with Crippen LogP contribution in [-0.4, -0.2) is 23.0 Å². The van der Waals surface area contributed by atoms with E-state index in [1.807, 2.05) is 0 Å². The van der Waals surface area contributed by atoms with Crippen LogP contribution in [0.15, 0.2) is 0 Å². The van der Waals surface area contributed by atoms with Crippen LogP contribution >= 0.6 is 11.6 Å². The second-order valence-electron chi connectivity index (χ2n) is 2.00. The van der Waals surface area contributed by atoms with Crippen LogP contribution in [0.2, 0.25) is 0 Å². The number of rotatable bonds is 3. The molecule has 0 heterocycles. The van der Waals surface area contributed by atoms with Gasteiger partial charge in [-0.3, -0.25) is 4.79 Å². The Morgan fingerprint density at radius 1 is 1.89 bits per heavy atom. The van der Waals surface area contributed by atoms with Crippen molar-refractivity contribution in [2.75, 3.05) is 5.88 Å². The lowest BCUT2D eigenvalue weighted by molar-refractivity contribution is -0.139. The van der Waals surface area contributed by atoms with Gasteiger partial charge in [0, 0.05) is 5.88 Å². The van der Waals surface area contributed by atoms with Crippen molar-refractivity contribution < 1.29 is 9.90 Å². The van der Waals surface area contributed by atoms with E-state index in [9.17, 15) is 4.79 Å². The fourth-order valence-electron chi connectivity index (χ4n) is 0.339. The number of aliphatic carboxylic acids is 1. The highest BCUT2D eigenvalue weighted by molar-refractivity contribution is 6.18. The van der Waals surface area contributed by atoms with Crippen LogP contribution in [0, 0.1) is 5.92 Å². The van der Waals surface area contributed by atoms with Gasteiger partial charge in [-0.2, -0.15) is 0 Å². The van der Waals surface area contributed by atoms with Crippen LogP contribution in [0.5, 0.6) is 0 Å². The molecule has 4 heteroatoms. The van der Waals surface area contributed by atoms with E-state index in [1.165, 1.54) is 0 Å². The summed E-state index contributed by atoms with van der Waals surface area (Å²) in [5.74, 6) is -0.875. The average Bonchev–Trinajstić information content (AvgIpc) is 1.84. The van der Waals surface area contributed by atoms with Crippen molar-refractivity contribution in [3.05, 3.63) is 0 Å². The van der Waals surface area contributed by atoms with E-state index in [4.69, 9.17) is 22.4 Å². The third-order valence-corrected chi connectivity index (χ3v) is 1.63. The van der Waals surface area contributed by atoms with Gasteiger partial charge in [0.25, 0.3) is 0 Å². The van der Waals surface area contributed by atoms with Gasteiger partial charge in [0.1, 0.15) is 6.04 Å². The first kappa shape index (κ1) is 8.72. The number of hydrogen-bond acceptors (Lipinski definition) is 2. The number of carboxylic acids is 1. The zero-order chi connectivity index (χ0) is 7.44. The maximum absolute atomic E-state index is 10.1. The van der Waals surface area contributed by atoms with E-state index in [0.29, 0.717) is 0 Å². The van der Waals surface area contributed by atoms with Crippen molar-refractivity contribution in [3.8, 4) is 0 Å². The molecule has 9 heavy (non-hydrogen) atoms. The van der Waals surface area contributed by atoms with Crippen LogP contribution < -0.4 is 5.73 Å². The van der Waals surface area contributed by atoms with E-state index in [1.54, 1.807) is 6.92 Å². The van der Waals surface area contributed by atoms with Crippen LogP contribution in [0.25, 0.3) is 0 Å². The Morgan fingerprint density at radius 2 is 2.33 bits per heavy atom. The smallest absolute Gasteiger partial charge is 0.320 e. The zero-order valence-corrected chi connectivity index (χ0v) is 5.93. The van der Waals surface area contributed by atoms with E-state index in [2.05, 4.69) is 0 Å². The highest BCUT2D eigenvalue weighted by atomic mass is 35.5. The number of carboxylic acid groups (broad SMARTS) is 1. The quantitative estimate of drug-likeness (QED) is 0.570. The molecule has 0 saturated carbocycles. The fraction of sp³-hybridized carbons (Fsp3) is 0.800. The predicted molar refractivity (Wildman–Crippen MR) is 35.5 cm³/mol. The summed E-state index contributed by atoms with van der Waals surface area (Å²) in [6.07, 6.45) is 0. The zero-order valence-electron chi connectivity index (χ0n) is 5.17. The summed E-state index contributed by atoms with van der Waals surface area (Å²) >= 11 is 5.35. The summed E-state index contributed by atoms with van der Waals surface area (Å²) in [4.78, 5) is 10.1. The van der Waals surface area contributed by atoms with Gasteiger partial charge in [0.2, 0.25) is 0 Å². The normalized spacial score (nSPS) is 16.8. The molecule has 0 aromatic rings. The molecule has 0 amide bonds. The van der Waals surface area contributed by atoms with Gasteiger partial charge in [-0.25, -0.2) is 0 Å². The molecule has 0 aromatic heterocycles. The minimum atomic E-state index is -0.997. The van der Waals surface area contributed by atoms with Crippen molar-refractivity contribution in [3.63, 3.8) is 0 Å². The summed E-state index contributed by atoms with van der Waals surface area (Å²) in [5, 5.41) is 8.30. The van der Waals surface area contributed by atoms with Crippen molar-refractivity contribution in [1.82, 2.24) is 0 Å². The minimum Gasteiger partial charge on any atom is -0.480 e. The second-order valence-corrected chi connectivity index (χ2v) is 2.30. The first-order valence-electron chi connectivity index (χ1n) is 2.64. The van der Waals surface area contributed by atoms with Crippen LogP contribution in [-0.2, 0) is 4.79 Å². The Labute approximate surface area is 58.8 Å². The summed E-state index contributed by atoms with van der Waals surface area (Å²) < 4.78 is 0. The molecule has 3 N–H and O–H groups in total. The number of halogens is 1. The molecule has 0 rings (SSSR count). The Morgan fingerprint density at radius 3 is 2.44 bits per heavy atom. The Balaban J connectivity index is 3.72. The highest BCUT2D eigenvalue weighted by Crippen LogP contribution is 2.01. The third-order valence-electron chi connectivity index (χ3n) is 1.14. The molecule has 0 aliphatic heterocycles. The minimum absolute atomic E-state index is 0.163. The lowest BCUT2D eigenvalue weighted by atomic mass is 10.1. The van der Waals surface area contributed by atoms with Gasteiger partial charge in [-0.15, -0.1) is 11.6 Å². The van der Waals surface area contributed by atoms with Gasteiger partial charge >= 0.3 is 5.97 Å². The van der Waals surface area contributed by atoms with Gasteiger partial charge in [-0.1, -0.05) is 6.92 Å². The molecular formula is C5H10ClNO2. The molecule has 0 aliphatic rings. The lowest BCUT2D eigenvalue weighted by Crippen LogP contribution is -2.37. The lowest BCUT2D eigenvalue weighted by Gasteiger charge is -2.10. The average molecular weight is 152 g/mol. The number of carbonyl (C=O) groups is 1. The SMILES string of the molecule is CC(CCl)[C@H](N)C(=O)O. The van der Waals surface area contributed by atoms with Crippen LogP contribution in [0.4, 0.5) is 0 Å². The Hall–Kier alpha value is -0.280. The summed E-state index contributed by atoms with van der Waals surface area (Å²) in [7, 11) is 0. The van der Waals surface area contributed by atoms with Gasteiger partial charge in [0.15, 0.2) is 0 Å². The maximum atomic E-state index is 10.1. The first-order chi connectivity index (χ1) is 4.09. The molecule has 1 unspecified atom stereocenters. The largest absolute Gasteiger partial charge is 0.480 e. The summed E-state index contributed by atoms with van der Waals surface area (Å²) in [6, 6.07) is -0.831.